The highest BCUT2D eigenvalue weighted by atomic mass is 16.3. The Morgan fingerprint density at radius 1 is 1.30 bits per heavy atom. The van der Waals surface area contributed by atoms with Crippen molar-refractivity contribution in [2.75, 3.05) is 20.1 Å². The minimum atomic E-state index is -0.570. The molecule has 0 rings (SSSR count). The molecule has 0 heterocycles. The van der Waals surface area contributed by atoms with E-state index in [1.54, 1.807) is 14.0 Å². The molecular weight excluding hydrogens is 132 g/mol. The molecule has 0 aromatic heterocycles. The third-order valence-electron chi connectivity index (χ3n) is 1.05. The molecule has 62 valence electrons. The van der Waals surface area contributed by atoms with Gasteiger partial charge in [-0.3, -0.25) is 5.32 Å². The molecule has 0 aliphatic heterocycles. The number of nitrogens with one attached hydrogen (secondary N) is 2. The van der Waals surface area contributed by atoms with Crippen molar-refractivity contribution in [1.29, 1.82) is 0 Å². The summed E-state index contributed by atoms with van der Waals surface area (Å²) < 4.78 is 0. The van der Waals surface area contributed by atoms with Crippen molar-refractivity contribution in [2.45, 2.75) is 19.3 Å². The Kier molecular flexibility index (Phi) is 5.52. The molecule has 0 saturated heterocycles. The molecule has 0 bridgehead atoms. The molecule has 0 spiro atoms. The van der Waals surface area contributed by atoms with Gasteiger partial charge in [0.05, 0.1) is 6.10 Å². The summed E-state index contributed by atoms with van der Waals surface area (Å²) in [7, 11) is 1.76. The number of likely N-dealkylation sites (N-methyl/N-ethyl adjacent to an activating group) is 1. The van der Waals surface area contributed by atoms with E-state index in [9.17, 15) is 0 Å². The van der Waals surface area contributed by atoms with Crippen LogP contribution in [0.15, 0.2) is 0 Å². The van der Waals surface area contributed by atoms with E-state index in [0.29, 0.717) is 13.1 Å². The summed E-state index contributed by atoms with van der Waals surface area (Å²) >= 11 is 0. The summed E-state index contributed by atoms with van der Waals surface area (Å²) in [6, 6.07) is 0. The van der Waals surface area contributed by atoms with Gasteiger partial charge in [-0.2, -0.15) is 0 Å². The Morgan fingerprint density at radius 2 is 1.90 bits per heavy atom. The lowest BCUT2D eigenvalue weighted by atomic mass is 10.4. The lowest BCUT2D eigenvalue weighted by Gasteiger charge is -2.12. The van der Waals surface area contributed by atoms with Crippen LogP contribution in [0.3, 0.4) is 0 Å². The van der Waals surface area contributed by atoms with Gasteiger partial charge in [-0.15, -0.1) is 0 Å². The highest BCUT2D eigenvalue weighted by molar-refractivity contribution is 4.57. The molecule has 0 radical (unpaired) electrons. The summed E-state index contributed by atoms with van der Waals surface area (Å²) in [5, 5.41) is 23.3. The first-order valence-electron chi connectivity index (χ1n) is 3.41. The van der Waals surface area contributed by atoms with Gasteiger partial charge in [-0.05, 0) is 14.0 Å². The van der Waals surface area contributed by atoms with Crippen LogP contribution < -0.4 is 10.6 Å². The Hall–Kier alpha value is -0.160. The second-order valence-electron chi connectivity index (χ2n) is 2.33. The molecule has 0 aromatic carbocycles. The fourth-order valence-corrected chi connectivity index (χ4v) is 0.572. The molecule has 0 aliphatic carbocycles. The Bertz CT molecular complexity index is 78.1. The van der Waals surface area contributed by atoms with Gasteiger partial charge in [0.2, 0.25) is 0 Å². The van der Waals surface area contributed by atoms with Gasteiger partial charge in [0.25, 0.3) is 0 Å². The summed E-state index contributed by atoms with van der Waals surface area (Å²) in [6.07, 6.45) is -0.980. The maximum atomic E-state index is 9.01. The first-order valence-corrected chi connectivity index (χ1v) is 3.41. The predicted octanol–water partition coefficient (Wildman–Crippen LogP) is -1.51. The maximum Gasteiger partial charge on any atom is 0.117 e. The molecular formula is C6H16N2O2. The van der Waals surface area contributed by atoms with Crippen LogP contribution in [-0.2, 0) is 0 Å². The lowest BCUT2D eigenvalue weighted by molar-refractivity contribution is 0.109. The Balaban J connectivity index is 3.12. The van der Waals surface area contributed by atoms with E-state index in [0.717, 1.165) is 0 Å². The number of aliphatic hydroxyl groups excluding tert-OH is 2. The number of aliphatic hydroxyl groups is 2. The SMILES string of the molecule is CNCC(O)NC[C@@H](C)O. The molecule has 1 unspecified atom stereocenters. The lowest BCUT2D eigenvalue weighted by Crippen LogP contribution is -2.40. The van der Waals surface area contributed by atoms with Crippen molar-refractivity contribution in [3.8, 4) is 0 Å². The van der Waals surface area contributed by atoms with E-state index < -0.39 is 12.3 Å². The third-order valence-corrected chi connectivity index (χ3v) is 1.05. The highest BCUT2D eigenvalue weighted by Gasteiger charge is 2.01. The number of hydrogen-bond acceptors (Lipinski definition) is 4. The zero-order valence-corrected chi connectivity index (χ0v) is 6.46. The quantitative estimate of drug-likeness (QED) is 0.358. The van der Waals surface area contributed by atoms with Crippen molar-refractivity contribution in [1.82, 2.24) is 10.6 Å². The van der Waals surface area contributed by atoms with Crippen molar-refractivity contribution in [2.24, 2.45) is 0 Å². The summed E-state index contributed by atoms with van der Waals surface area (Å²) in [4.78, 5) is 0. The Morgan fingerprint density at radius 3 is 2.30 bits per heavy atom. The molecule has 0 fully saturated rings. The minimum absolute atomic E-state index is 0.411. The summed E-state index contributed by atoms with van der Waals surface area (Å²) in [5.41, 5.74) is 0. The van der Waals surface area contributed by atoms with Crippen molar-refractivity contribution >= 4 is 0 Å². The highest BCUT2D eigenvalue weighted by Crippen LogP contribution is 1.77. The fourth-order valence-electron chi connectivity index (χ4n) is 0.572. The van der Waals surface area contributed by atoms with E-state index in [2.05, 4.69) is 10.6 Å². The average molecular weight is 148 g/mol. The minimum Gasteiger partial charge on any atom is -0.392 e. The number of hydrogen-bond donors (Lipinski definition) is 4. The molecule has 2 atom stereocenters. The zero-order valence-electron chi connectivity index (χ0n) is 6.46. The first kappa shape index (κ1) is 9.84. The van der Waals surface area contributed by atoms with Gasteiger partial charge in [0.1, 0.15) is 6.23 Å². The molecule has 10 heavy (non-hydrogen) atoms. The normalized spacial score (nSPS) is 16.8. The van der Waals surface area contributed by atoms with Crippen molar-refractivity contribution < 1.29 is 10.2 Å². The van der Waals surface area contributed by atoms with Crippen LogP contribution >= 0.6 is 0 Å². The van der Waals surface area contributed by atoms with Gasteiger partial charge in [-0.1, -0.05) is 0 Å². The average Bonchev–Trinajstić information content (AvgIpc) is 1.85. The zero-order chi connectivity index (χ0) is 7.98. The van der Waals surface area contributed by atoms with E-state index in [-0.39, 0.29) is 0 Å². The van der Waals surface area contributed by atoms with Crippen LogP contribution in [-0.4, -0.2) is 42.7 Å². The summed E-state index contributed by atoms with van der Waals surface area (Å²) in [5.74, 6) is 0. The van der Waals surface area contributed by atoms with Gasteiger partial charge < -0.3 is 15.5 Å². The predicted molar refractivity (Wildman–Crippen MR) is 39.6 cm³/mol. The van der Waals surface area contributed by atoms with Gasteiger partial charge in [-0.25, -0.2) is 0 Å². The second kappa shape index (κ2) is 5.61. The fraction of sp³-hybridized carbons (Fsp3) is 1.00. The molecule has 4 N–H and O–H groups in total. The smallest absolute Gasteiger partial charge is 0.117 e. The van der Waals surface area contributed by atoms with Crippen molar-refractivity contribution in [3.05, 3.63) is 0 Å². The third kappa shape index (κ3) is 5.97. The van der Waals surface area contributed by atoms with Crippen LogP contribution in [0.5, 0.6) is 0 Å². The van der Waals surface area contributed by atoms with Crippen LogP contribution in [0.1, 0.15) is 6.92 Å². The summed E-state index contributed by atoms with van der Waals surface area (Å²) in [6.45, 7) is 2.58. The van der Waals surface area contributed by atoms with Crippen LogP contribution in [0, 0.1) is 0 Å². The van der Waals surface area contributed by atoms with Gasteiger partial charge in [0.15, 0.2) is 0 Å². The van der Waals surface area contributed by atoms with Crippen LogP contribution in [0.25, 0.3) is 0 Å². The number of rotatable bonds is 5. The van der Waals surface area contributed by atoms with Gasteiger partial charge >= 0.3 is 0 Å². The van der Waals surface area contributed by atoms with Gasteiger partial charge in [0, 0.05) is 13.1 Å². The second-order valence-corrected chi connectivity index (χ2v) is 2.33. The van der Waals surface area contributed by atoms with Crippen molar-refractivity contribution in [3.63, 3.8) is 0 Å². The maximum absolute atomic E-state index is 9.01. The largest absolute Gasteiger partial charge is 0.392 e. The molecule has 0 amide bonds. The van der Waals surface area contributed by atoms with E-state index in [4.69, 9.17) is 10.2 Å². The first-order chi connectivity index (χ1) is 4.66. The molecule has 0 aliphatic rings. The topological polar surface area (TPSA) is 64.5 Å². The van der Waals surface area contributed by atoms with E-state index in [1.807, 2.05) is 0 Å². The molecule has 0 aromatic rings. The van der Waals surface area contributed by atoms with E-state index >= 15 is 0 Å². The molecule has 4 heteroatoms. The molecule has 4 nitrogen and oxygen atoms in total. The van der Waals surface area contributed by atoms with Crippen LogP contribution in [0.2, 0.25) is 0 Å². The van der Waals surface area contributed by atoms with Crippen LogP contribution in [0.4, 0.5) is 0 Å². The monoisotopic (exact) mass is 148 g/mol. The van der Waals surface area contributed by atoms with E-state index in [1.165, 1.54) is 0 Å². The standard InChI is InChI=1S/C6H16N2O2/c1-5(9)3-8-6(10)4-7-2/h5-10H,3-4H2,1-2H3/t5-,6?/m1/s1. The Labute approximate surface area is 61.3 Å². The molecule has 0 saturated carbocycles.